The summed E-state index contributed by atoms with van der Waals surface area (Å²) in [5.41, 5.74) is 5.87. The summed E-state index contributed by atoms with van der Waals surface area (Å²) in [5, 5.41) is 1.70. The Labute approximate surface area is 114 Å². The lowest BCUT2D eigenvalue weighted by atomic mass is 9.89. The van der Waals surface area contributed by atoms with Gasteiger partial charge in [0.2, 0.25) is 5.91 Å². The second-order valence-corrected chi connectivity index (χ2v) is 5.55. The molecule has 0 radical (unpaired) electrons. The van der Waals surface area contributed by atoms with Gasteiger partial charge in [-0.2, -0.15) is 0 Å². The molecule has 4 heteroatoms. The zero-order chi connectivity index (χ0) is 14.2. The number of rotatable bonds is 4. The SMILES string of the molecule is COc1cc(C)c(C2(C(=O)NN(C)C)CC2)cc1C. The molecule has 19 heavy (non-hydrogen) atoms. The lowest BCUT2D eigenvalue weighted by Crippen LogP contribution is -2.43. The number of methoxy groups -OCH3 is 1. The molecule has 1 saturated carbocycles. The third kappa shape index (κ3) is 2.45. The number of hydrogen-bond acceptors (Lipinski definition) is 3. The molecule has 0 spiro atoms. The van der Waals surface area contributed by atoms with Gasteiger partial charge >= 0.3 is 0 Å². The van der Waals surface area contributed by atoms with Crippen molar-refractivity contribution in [2.24, 2.45) is 0 Å². The largest absolute Gasteiger partial charge is 0.496 e. The fourth-order valence-electron chi connectivity index (χ4n) is 2.58. The summed E-state index contributed by atoms with van der Waals surface area (Å²) in [6.45, 7) is 4.06. The number of hydrogen-bond donors (Lipinski definition) is 1. The Morgan fingerprint density at radius 3 is 2.37 bits per heavy atom. The molecule has 0 bridgehead atoms. The first-order valence-corrected chi connectivity index (χ1v) is 6.55. The Kier molecular flexibility index (Phi) is 3.54. The predicted octanol–water partition coefficient (Wildman–Crippen LogP) is 1.94. The van der Waals surface area contributed by atoms with Crippen molar-refractivity contribution < 1.29 is 9.53 Å². The van der Waals surface area contributed by atoms with Crippen LogP contribution in [0.15, 0.2) is 12.1 Å². The third-order valence-corrected chi connectivity index (χ3v) is 3.77. The molecule has 1 aliphatic carbocycles. The summed E-state index contributed by atoms with van der Waals surface area (Å²) in [5.74, 6) is 0.968. The first-order chi connectivity index (χ1) is 8.90. The molecule has 1 aromatic rings. The average Bonchev–Trinajstić information content (AvgIpc) is 3.12. The van der Waals surface area contributed by atoms with Crippen LogP contribution < -0.4 is 10.2 Å². The quantitative estimate of drug-likeness (QED) is 0.843. The van der Waals surface area contributed by atoms with Gasteiger partial charge in [0.25, 0.3) is 0 Å². The maximum Gasteiger partial charge on any atom is 0.244 e. The zero-order valence-electron chi connectivity index (χ0n) is 12.3. The molecule has 0 unspecified atom stereocenters. The van der Waals surface area contributed by atoms with Crippen LogP contribution in [0, 0.1) is 13.8 Å². The Morgan fingerprint density at radius 2 is 1.89 bits per heavy atom. The monoisotopic (exact) mass is 262 g/mol. The van der Waals surface area contributed by atoms with E-state index in [-0.39, 0.29) is 11.3 Å². The summed E-state index contributed by atoms with van der Waals surface area (Å²) >= 11 is 0. The number of carbonyl (C=O) groups excluding carboxylic acids is 1. The number of carbonyl (C=O) groups is 1. The molecule has 0 aliphatic heterocycles. The molecule has 1 N–H and O–H groups in total. The van der Waals surface area contributed by atoms with Gasteiger partial charge in [-0.3, -0.25) is 10.2 Å². The highest BCUT2D eigenvalue weighted by Gasteiger charge is 2.52. The van der Waals surface area contributed by atoms with Crippen molar-refractivity contribution >= 4 is 5.91 Å². The molecule has 0 saturated heterocycles. The van der Waals surface area contributed by atoms with Crippen LogP contribution in [0.4, 0.5) is 0 Å². The summed E-state index contributed by atoms with van der Waals surface area (Å²) in [6.07, 6.45) is 1.83. The molecule has 2 rings (SSSR count). The van der Waals surface area contributed by atoms with Crippen molar-refractivity contribution in [3.05, 3.63) is 28.8 Å². The number of nitrogens with zero attached hydrogens (tertiary/aromatic N) is 1. The van der Waals surface area contributed by atoms with E-state index < -0.39 is 0 Å². The first kappa shape index (κ1) is 13.9. The van der Waals surface area contributed by atoms with E-state index in [9.17, 15) is 4.79 Å². The van der Waals surface area contributed by atoms with Gasteiger partial charge in [-0.05, 0) is 49.4 Å². The second kappa shape index (κ2) is 4.85. The van der Waals surface area contributed by atoms with Crippen LogP contribution in [0.2, 0.25) is 0 Å². The number of ether oxygens (including phenoxy) is 1. The van der Waals surface area contributed by atoms with Gasteiger partial charge < -0.3 is 4.74 Å². The van der Waals surface area contributed by atoms with E-state index in [1.165, 1.54) is 0 Å². The molecule has 0 atom stereocenters. The molecular formula is C15H22N2O2. The van der Waals surface area contributed by atoms with E-state index in [0.29, 0.717) is 0 Å². The molecule has 0 heterocycles. The number of benzene rings is 1. The van der Waals surface area contributed by atoms with Crippen LogP contribution >= 0.6 is 0 Å². The molecule has 4 nitrogen and oxygen atoms in total. The second-order valence-electron chi connectivity index (χ2n) is 5.55. The van der Waals surface area contributed by atoms with Crippen LogP contribution in [0.25, 0.3) is 0 Å². The smallest absolute Gasteiger partial charge is 0.244 e. The minimum Gasteiger partial charge on any atom is -0.496 e. The number of nitrogens with one attached hydrogen (secondary N) is 1. The third-order valence-electron chi connectivity index (χ3n) is 3.77. The van der Waals surface area contributed by atoms with Gasteiger partial charge in [0.1, 0.15) is 5.75 Å². The molecular weight excluding hydrogens is 240 g/mol. The van der Waals surface area contributed by atoms with E-state index in [1.54, 1.807) is 12.1 Å². The molecule has 104 valence electrons. The summed E-state index contributed by atoms with van der Waals surface area (Å²) in [4.78, 5) is 12.4. The van der Waals surface area contributed by atoms with Crippen molar-refractivity contribution in [3.8, 4) is 5.75 Å². The first-order valence-electron chi connectivity index (χ1n) is 6.55. The number of hydrazine groups is 1. The normalized spacial score (nSPS) is 16.3. The summed E-state index contributed by atoms with van der Waals surface area (Å²) in [7, 11) is 5.34. The predicted molar refractivity (Wildman–Crippen MR) is 75.2 cm³/mol. The van der Waals surface area contributed by atoms with Crippen LogP contribution in [0.1, 0.15) is 29.5 Å². The van der Waals surface area contributed by atoms with Crippen molar-refractivity contribution in [1.29, 1.82) is 0 Å². The molecule has 0 aromatic heterocycles. The van der Waals surface area contributed by atoms with Gasteiger partial charge in [0, 0.05) is 14.1 Å². The van der Waals surface area contributed by atoms with Crippen LogP contribution in [0.5, 0.6) is 5.75 Å². The van der Waals surface area contributed by atoms with Crippen molar-refractivity contribution in [2.45, 2.75) is 32.1 Å². The Balaban J connectivity index is 2.36. The average molecular weight is 262 g/mol. The van der Waals surface area contributed by atoms with Gasteiger partial charge in [0.15, 0.2) is 0 Å². The minimum absolute atomic E-state index is 0.0881. The highest BCUT2D eigenvalue weighted by Crippen LogP contribution is 2.50. The van der Waals surface area contributed by atoms with Crippen LogP contribution in [0.3, 0.4) is 0 Å². The van der Waals surface area contributed by atoms with Crippen LogP contribution in [-0.2, 0) is 10.2 Å². The van der Waals surface area contributed by atoms with Crippen molar-refractivity contribution in [3.63, 3.8) is 0 Å². The lowest BCUT2D eigenvalue weighted by molar-refractivity contribution is -0.127. The highest BCUT2D eigenvalue weighted by atomic mass is 16.5. The highest BCUT2D eigenvalue weighted by molar-refractivity contribution is 5.91. The van der Waals surface area contributed by atoms with Crippen LogP contribution in [-0.4, -0.2) is 32.1 Å². The Morgan fingerprint density at radius 1 is 1.26 bits per heavy atom. The molecule has 1 aromatic carbocycles. The topological polar surface area (TPSA) is 41.6 Å². The number of amides is 1. The van der Waals surface area contributed by atoms with E-state index in [0.717, 1.165) is 35.3 Å². The molecule has 1 amide bonds. The Bertz CT molecular complexity index is 505. The van der Waals surface area contributed by atoms with E-state index in [2.05, 4.69) is 11.5 Å². The summed E-state index contributed by atoms with van der Waals surface area (Å²) < 4.78 is 5.33. The van der Waals surface area contributed by atoms with Gasteiger partial charge in [-0.15, -0.1) is 0 Å². The van der Waals surface area contributed by atoms with E-state index in [1.807, 2.05) is 34.0 Å². The standard InChI is InChI=1S/C15H22N2O2/c1-10-9-13(19-5)11(2)8-12(10)15(6-7-15)14(18)16-17(3)4/h8-9H,6-7H2,1-5H3,(H,16,18). The van der Waals surface area contributed by atoms with Crippen molar-refractivity contribution in [1.82, 2.24) is 10.4 Å². The maximum atomic E-state index is 12.4. The van der Waals surface area contributed by atoms with E-state index >= 15 is 0 Å². The number of aryl methyl sites for hydroxylation is 2. The van der Waals surface area contributed by atoms with Gasteiger partial charge in [0.05, 0.1) is 12.5 Å². The molecule has 1 fully saturated rings. The Hall–Kier alpha value is -1.55. The maximum absolute atomic E-state index is 12.4. The fourth-order valence-corrected chi connectivity index (χ4v) is 2.58. The zero-order valence-corrected chi connectivity index (χ0v) is 12.3. The van der Waals surface area contributed by atoms with Gasteiger partial charge in [-0.25, -0.2) is 5.01 Å². The lowest BCUT2D eigenvalue weighted by Gasteiger charge is -2.22. The minimum atomic E-state index is -0.342. The van der Waals surface area contributed by atoms with Crippen molar-refractivity contribution in [2.75, 3.05) is 21.2 Å². The summed E-state index contributed by atoms with van der Waals surface area (Å²) in [6, 6.07) is 4.12. The fraction of sp³-hybridized carbons (Fsp3) is 0.533. The van der Waals surface area contributed by atoms with Gasteiger partial charge in [-0.1, -0.05) is 6.07 Å². The van der Waals surface area contributed by atoms with E-state index in [4.69, 9.17) is 4.74 Å². The molecule has 1 aliphatic rings.